The van der Waals surface area contributed by atoms with Gasteiger partial charge in [-0.15, -0.1) is 0 Å². The van der Waals surface area contributed by atoms with Gasteiger partial charge in [0.25, 0.3) is 5.91 Å². The average molecular weight is 380 g/mol. The number of alkyl carbamates (subject to hydrolysis) is 1. The molecule has 0 radical (unpaired) electrons. The maximum atomic E-state index is 14.3. The number of carbonyl (C=O) groups is 2. The summed E-state index contributed by atoms with van der Waals surface area (Å²) < 4.78 is 50.7. The lowest BCUT2D eigenvalue weighted by Crippen LogP contribution is -2.33. The second kappa shape index (κ2) is 7.56. The van der Waals surface area contributed by atoms with E-state index in [-0.39, 0.29) is 35.6 Å². The van der Waals surface area contributed by atoms with Crippen molar-refractivity contribution in [3.8, 4) is 5.75 Å². The van der Waals surface area contributed by atoms with E-state index in [4.69, 9.17) is 4.74 Å². The van der Waals surface area contributed by atoms with Gasteiger partial charge in [0.2, 0.25) is 0 Å². The van der Waals surface area contributed by atoms with Gasteiger partial charge in [0.05, 0.1) is 30.9 Å². The Hall–Kier alpha value is -3.23. The molecule has 0 spiro atoms. The predicted molar refractivity (Wildman–Crippen MR) is 89.1 cm³/mol. The minimum Gasteiger partial charge on any atom is -0.492 e. The molecule has 1 aliphatic rings. The van der Waals surface area contributed by atoms with Gasteiger partial charge in [-0.1, -0.05) is 0 Å². The molecule has 0 fully saturated rings. The first-order valence-electron chi connectivity index (χ1n) is 7.96. The minimum absolute atomic E-state index is 0.00695. The fourth-order valence-electron chi connectivity index (χ4n) is 2.78. The minimum atomic E-state index is -1.12. The zero-order valence-electron chi connectivity index (χ0n) is 14.1. The highest BCUT2D eigenvalue weighted by molar-refractivity contribution is 6.06. The molecule has 0 saturated carbocycles. The van der Waals surface area contributed by atoms with Crippen LogP contribution < -0.4 is 15.4 Å². The molecule has 2 N–H and O–H groups in total. The Balaban J connectivity index is 1.92. The highest BCUT2D eigenvalue weighted by atomic mass is 19.2. The number of benzene rings is 2. The molecule has 6 nitrogen and oxygen atoms in total. The summed E-state index contributed by atoms with van der Waals surface area (Å²) in [6.45, 7) is 0.135. The zero-order chi connectivity index (χ0) is 19.6. The van der Waals surface area contributed by atoms with Crippen LogP contribution in [0.5, 0.6) is 5.75 Å². The zero-order valence-corrected chi connectivity index (χ0v) is 14.1. The van der Waals surface area contributed by atoms with Crippen molar-refractivity contribution in [3.63, 3.8) is 0 Å². The standard InChI is InChI=1S/C18H15F3N2O4/c1-26-18(25)23-14-6-7-27-16-10(3-5-12(20)15(14)16)17(24)22-9-2-4-11(19)13(21)8-9/h2-5,8,14H,6-7H2,1H3,(H,22,24)(H,23,25)/t14-/m0/s1. The summed E-state index contributed by atoms with van der Waals surface area (Å²) in [4.78, 5) is 24.0. The van der Waals surface area contributed by atoms with Crippen LogP contribution in [0.2, 0.25) is 0 Å². The van der Waals surface area contributed by atoms with Gasteiger partial charge in [-0.3, -0.25) is 4.79 Å². The van der Waals surface area contributed by atoms with Crippen molar-refractivity contribution in [1.82, 2.24) is 5.32 Å². The van der Waals surface area contributed by atoms with Crippen LogP contribution >= 0.6 is 0 Å². The van der Waals surface area contributed by atoms with E-state index in [2.05, 4.69) is 15.4 Å². The van der Waals surface area contributed by atoms with Crippen LogP contribution in [0.3, 0.4) is 0 Å². The molecule has 2 amide bonds. The van der Waals surface area contributed by atoms with E-state index >= 15 is 0 Å². The number of fused-ring (bicyclic) bond motifs is 1. The molecule has 0 unspecified atom stereocenters. The Morgan fingerprint density at radius 3 is 2.56 bits per heavy atom. The summed E-state index contributed by atoms with van der Waals surface area (Å²) >= 11 is 0. The summed E-state index contributed by atoms with van der Waals surface area (Å²) in [7, 11) is 1.18. The van der Waals surface area contributed by atoms with Crippen LogP contribution in [-0.4, -0.2) is 25.7 Å². The average Bonchev–Trinajstić information content (AvgIpc) is 2.65. The van der Waals surface area contributed by atoms with Crippen molar-refractivity contribution in [3.05, 3.63) is 58.9 Å². The fourth-order valence-corrected chi connectivity index (χ4v) is 2.78. The maximum Gasteiger partial charge on any atom is 0.407 e. The van der Waals surface area contributed by atoms with E-state index in [1.54, 1.807) is 0 Å². The first kappa shape index (κ1) is 18.6. The molecule has 0 aromatic heterocycles. The number of anilines is 1. The van der Waals surface area contributed by atoms with Gasteiger partial charge in [0.15, 0.2) is 11.6 Å². The highest BCUT2D eigenvalue weighted by Gasteiger charge is 2.30. The van der Waals surface area contributed by atoms with Crippen molar-refractivity contribution < 1.29 is 32.2 Å². The molecule has 1 aliphatic heterocycles. The van der Waals surface area contributed by atoms with Crippen LogP contribution in [0.25, 0.3) is 0 Å². The second-order valence-corrected chi connectivity index (χ2v) is 5.75. The van der Waals surface area contributed by atoms with E-state index in [1.165, 1.54) is 19.2 Å². The van der Waals surface area contributed by atoms with Crippen LogP contribution in [0.1, 0.15) is 28.4 Å². The molecule has 1 heterocycles. The Morgan fingerprint density at radius 1 is 1.11 bits per heavy atom. The van der Waals surface area contributed by atoms with E-state index in [0.29, 0.717) is 0 Å². The molecule has 142 valence electrons. The number of nitrogens with one attached hydrogen (secondary N) is 2. The Bertz CT molecular complexity index is 904. The molecule has 0 aliphatic carbocycles. The Kier molecular flexibility index (Phi) is 5.20. The number of amides is 2. The van der Waals surface area contributed by atoms with Crippen molar-refractivity contribution in [1.29, 1.82) is 0 Å². The normalized spacial score (nSPS) is 15.3. The smallest absolute Gasteiger partial charge is 0.407 e. The van der Waals surface area contributed by atoms with Crippen LogP contribution in [-0.2, 0) is 4.74 Å². The summed E-state index contributed by atoms with van der Waals surface area (Å²) in [6.07, 6.45) is -0.461. The summed E-state index contributed by atoms with van der Waals surface area (Å²) in [6, 6.07) is 4.43. The van der Waals surface area contributed by atoms with Gasteiger partial charge in [-0.25, -0.2) is 18.0 Å². The van der Waals surface area contributed by atoms with Crippen molar-refractivity contribution in [2.45, 2.75) is 12.5 Å². The lowest BCUT2D eigenvalue weighted by Gasteiger charge is -2.28. The molecule has 3 rings (SSSR count). The monoisotopic (exact) mass is 380 g/mol. The summed E-state index contributed by atoms with van der Waals surface area (Å²) in [5.41, 5.74) is 0.0362. The number of hydrogen-bond donors (Lipinski definition) is 2. The number of ether oxygens (including phenoxy) is 2. The topological polar surface area (TPSA) is 76.7 Å². The lowest BCUT2D eigenvalue weighted by atomic mass is 9.96. The van der Waals surface area contributed by atoms with Crippen LogP contribution in [0.4, 0.5) is 23.7 Å². The molecular formula is C18H15F3N2O4. The van der Waals surface area contributed by atoms with Gasteiger partial charge in [-0.2, -0.15) is 0 Å². The van der Waals surface area contributed by atoms with E-state index in [0.717, 1.165) is 18.2 Å². The van der Waals surface area contributed by atoms with Gasteiger partial charge in [0.1, 0.15) is 11.6 Å². The summed E-state index contributed by atoms with van der Waals surface area (Å²) in [5.74, 6) is -3.55. The summed E-state index contributed by atoms with van der Waals surface area (Å²) in [5, 5.41) is 4.89. The van der Waals surface area contributed by atoms with Gasteiger partial charge < -0.3 is 20.1 Å². The Labute approximate surface area is 152 Å². The third-order valence-electron chi connectivity index (χ3n) is 4.04. The quantitative estimate of drug-likeness (QED) is 0.854. The number of hydrogen-bond acceptors (Lipinski definition) is 4. The first-order valence-corrected chi connectivity index (χ1v) is 7.96. The number of methoxy groups -OCH3 is 1. The Morgan fingerprint density at radius 2 is 1.85 bits per heavy atom. The predicted octanol–water partition coefficient (Wildman–Crippen LogP) is 3.54. The number of rotatable bonds is 3. The third-order valence-corrected chi connectivity index (χ3v) is 4.04. The second-order valence-electron chi connectivity index (χ2n) is 5.75. The SMILES string of the molecule is COC(=O)N[C@H]1CCOc2c(C(=O)Nc3ccc(F)c(F)c3)ccc(F)c21. The van der Waals surface area contributed by atoms with E-state index in [1.807, 2.05) is 0 Å². The third kappa shape index (κ3) is 3.81. The number of carbonyl (C=O) groups excluding carboxylic acids is 2. The van der Waals surface area contributed by atoms with Crippen molar-refractivity contribution in [2.24, 2.45) is 0 Å². The molecule has 0 saturated heterocycles. The fraction of sp³-hybridized carbons (Fsp3) is 0.222. The van der Waals surface area contributed by atoms with Crippen LogP contribution in [0.15, 0.2) is 30.3 Å². The highest BCUT2D eigenvalue weighted by Crippen LogP contribution is 2.37. The number of halogens is 3. The first-order chi connectivity index (χ1) is 12.9. The molecule has 1 atom stereocenters. The molecule has 0 bridgehead atoms. The van der Waals surface area contributed by atoms with Crippen molar-refractivity contribution >= 4 is 17.7 Å². The lowest BCUT2D eigenvalue weighted by molar-refractivity contribution is 0.102. The van der Waals surface area contributed by atoms with Gasteiger partial charge in [0, 0.05) is 18.2 Å². The molecular weight excluding hydrogens is 365 g/mol. The molecule has 9 heteroatoms. The molecule has 2 aromatic carbocycles. The van der Waals surface area contributed by atoms with E-state index < -0.39 is 35.5 Å². The van der Waals surface area contributed by atoms with Crippen molar-refractivity contribution in [2.75, 3.05) is 19.0 Å². The van der Waals surface area contributed by atoms with Gasteiger partial charge in [-0.05, 0) is 24.3 Å². The maximum absolute atomic E-state index is 14.3. The molecule has 27 heavy (non-hydrogen) atoms. The van der Waals surface area contributed by atoms with Crippen LogP contribution in [0, 0.1) is 17.5 Å². The van der Waals surface area contributed by atoms with E-state index in [9.17, 15) is 22.8 Å². The largest absolute Gasteiger partial charge is 0.492 e. The van der Waals surface area contributed by atoms with Gasteiger partial charge >= 0.3 is 6.09 Å². The molecule has 2 aromatic rings.